The fourth-order valence-corrected chi connectivity index (χ4v) is 2.57. The van der Waals surface area contributed by atoms with Crippen molar-refractivity contribution in [1.29, 1.82) is 0 Å². The molecule has 0 aromatic carbocycles. The number of carbonyl (C=O) groups is 1. The second-order valence-electron chi connectivity index (χ2n) is 5.44. The number of fused-ring (bicyclic) bond motifs is 1. The van der Waals surface area contributed by atoms with E-state index in [-0.39, 0.29) is 24.0 Å². The normalized spacial score (nSPS) is 18.0. The lowest BCUT2D eigenvalue weighted by Gasteiger charge is -2.11. The van der Waals surface area contributed by atoms with Crippen LogP contribution in [-0.4, -0.2) is 44.5 Å². The molecular formula is C14H19N5O3. The van der Waals surface area contributed by atoms with Crippen molar-refractivity contribution >= 4 is 16.9 Å². The summed E-state index contributed by atoms with van der Waals surface area (Å²) in [5.74, 6) is -0.0892. The Balaban J connectivity index is 1.57. The highest BCUT2D eigenvalue weighted by Crippen LogP contribution is 2.10. The molecule has 0 aliphatic carbocycles. The van der Waals surface area contributed by atoms with Crippen molar-refractivity contribution in [2.24, 2.45) is 7.05 Å². The second kappa shape index (κ2) is 6.27. The maximum Gasteiger partial charge on any atom is 0.264 e. The van der Waals surface area contributed by atoms with Gasteiger partial charge in [-0.1, -0.05) is 0 Å². The monoisotopic (exact) mass is 305 g/mol. The van der Waals surface area contributed by atoms with Crippen LogP contribution < -0.4 is 10.9 Å². The van der Waals surface area contributed by atoms with Crippen molar-refractivity contribution in [2.75, 3.05) is 13.2 Å². The number of nitrogens with zero attached hydrogens (tertiary/aromatic N) is 4. The Morgan fingerprint density at radius 1 is 1.55 bits per heavy atom. The Bertz CT molecular complexity index is 730. The van der Waals surface area contributed by atoms with E-state index in [0.717, 1.165) is 19.4 Å². The van der Waals surface area contributed by atoms with Crippen molar-refractivity contribution in [3.8, 4) is 0 Å². The highest BCUT2D eigenvalue weighted by molar-refractivity contribution is 5.76. The highest BCUT2D eigenvalue weighted by Gasteiger charge is 2.16. The molecular weight excluding hydrogens is 286 g/mol. The molecule has 1 amide bonds. The molecule has 0 spiro atoms. The molecule has 0 bridgehead atoms. The number of ether oxygens (including phenoxy) is 1. The van der Waals surface area contributed by atoms with E-state index in [1.807, 2.05) is 0 Å². The van der Waals surface area contributed by atoms with Crippen molar-refractivity contribution in [3.63, 3.8) is 0 Å². The molecule has 1 N–H and O–H groups in total. The summed E-state index contributed by atoms with van der Waals surface area (Å²) >= 11 is 0. The van der Waals surface area contributed by atoms with Crippen molar-refractivity contribution in [1.82, 2.24) is 24.6 Å². The molecule has 0 unspecified atom stereocenters. The van der Waals surface area contributed by atoms with Gasteiger partial charge in [-0.05, 0) is 12.8 Å². The zero-order valence-corrected chi connectivity index (χ0v) is 12.5. The summed E-state index contributed by atoms with van der Waals surface area (Å²) in [6.07, 6.45) is 5.35. The number of hydrogen-bond donors (Lipinski definition) is 1. The Morgan fingerprint density at radius 2 is 2.41 bits per heavy atom. The number of rotatable bonds is 5. The molecule has 22 heavy (non-hydrogen) atoms. The van der Waals surface area contributed by atoms with Gasteiger partial charge in [0.15, 0.2) is 5.65 Å². The Kier molecular flexibility index (Phi) is 4.19. The molecule has 2 aromatic rings. The standard InChI is InChI=1S/C14H19N5O3/c1-18-13-11(8-17-18)14(21)19(9-16-13)5-4-12(20)15-7-10-3-2-6-22-10/h8-10H,2-7H2,1H3,(H,15,20)/t10-/m1/s1. The fraction of sp³-hybridized carbons (Fsp3) is 0.571. The Morgan fingerprint density at radius 3 is 3.18 bits per heavy atom. The van der Waals surface area contributed by atoms with Gasteiger partial charge in [0, 0.05) is 33.2 Å². The number of aromatic nitrogens is 4. The van der Waals surface area contributed by atoms with E-state index in [9.17, 15) is 9.59 Å². The van der Waals surface area contributed by atoms with Crippen LogP contribution in [0.1, 0.15) is 19.3 Å². The topological polar surface area (TPSA) is 91.0 Å². The minimum atomic E-state index is -0.176. The Labute approximate surface area is 127 Å². The summed E-state index contributed by atoms with van der Waals surface area (Å²) in [4.78, 5) is 28.3. The van der Waals surface area contributed by atoms with Crippen LogP contribution in [-0.2, 0) is 23.1 Å². The van der Waals surface area contributed by atoms with Gasteiger partial charge in [-0.25, -0.2) is 4.98 Å². The highest BCUT2D eigenvalue weighted by atomic mass is 16.5. The molecule has 1 saturated heterocycles. The van der Waals surface area contributed by atoms with Gasteiger partial charge in [-0.15, -0.1) is 0 Å². The molecule has 1 aliphatic rings. The van der Waals surface area contributed by atoms with Crippen LogP contribution in [0.3, 0.4) is 0 Å². The summed E-state index contributed by atoms with van der Waals surface area (Å²) < 4.78 is 8.44. The van der Waals surface area contributed by atoms with Crippen LogP contribution in [0.25, 0.3) is 11.0 Å². The molecule has 118 valence electrons. The maximum absolute atomic E-state index is 12.2. The predicted octanol–water partition coefficient (Wildman–Crippen LogP) is -0.185. The molecule has 0 radical (unpaired) electrons. The number of carbonyl (C=O) groups excluding carboxylic acids is 1. The van der Waals surface area contributed by atoms with E-state index in [2.05, 4.69) is 15.4 Å². The van der Waals surface area contributed by atoms with E-state index in [0.29, 0.717) is 24.1 Å². The molecule has 8 heteroatoms. The molecule has 1 aliphatic heterocycles. The van der Waals surface area contributed by atoms with Crippen molar-refractivity contribution in [2.45, 2.75) is 31.9 Å². The molecule has 1 atom stereocenters. The van der Waals surface area contributed by atoms with Gasteiger partial charge in [0.05, 0.1) is 18.6 Å². The lowest BCUT2D eigenvalue weighted by Crippen LogP contribution is -2.33. The number of hydrogen-bond acceptors (Lipinski definition) is 5. The van der Waals surface area contributed by atoms with E-state index in [1.165, 1.54) is 17.1 Å². The summed E-state index contributed by atoms with van der Waals surface area (Å²) in [6, 6.07) is 0. The predicted molar refractivity (Wildman–Crippen MR) is 79.4 cm³/mol. The first-order valence-corrected chi connectivity index (χ1v) is 7.40. The van der Waals surface area contributed by atoms with Crippen LogP contribution >= 0.6 is 0 Å². The van der Waals surface area contributed by atoms with Gasteiger partial charge in [0.2, 0.25) is 5.91 Å². The first-order valence-electron chi connectivity index (χ1n) is 7.40. The quantitative estimate of drug-likeness (QED) is 0.827. The molecule has 8 nitrogen and oxygen atoms in total. The summed E-state index contributed by atoms with van der Waals surface area (Å²) in [7, 11) is 1.73. The van der Waals surface area contributed by atoms with E-state index in [1.54, 1.807) is 11.7 Å². The van der Waals surface area contributed by atoms with Gasteiger partial charge in [0.1, 0.15) is 5.39 Å². The third kappa shape index (κ3) is 3.01. The van der Waals surface area contributed by atoms with E-state index in [4.69, 9.17) is 4.74 Å². The fourth-order valence-electron chi connectivity index (χ4n) is 2.57. The van der Waals surface area contributed by atoms with Gasteiger partial charge >= 0.3 is 0 Å². The first-order chi connectivity index (χ1) is 10.6. The molecule has 3 rings (SSSR count). The average Bonchev–Trinajstić information content (AvgIpc) is 3.15. The Hall–Kier alpha value is -2.22. The molecule has 0 saturated carbocycles. The van der Waals surface area contributed by atoms with Crippen molar-refractivity contribution < 1.29 is 9.53 Å². The lowest BCUT2D eigenvalue weighted by atomic mass is 10.2. The first kappa shape index (κ1) is 14.7. The van der Waals surface area contributed by atoms with Crippen LogP contribution in [0.5, 0.6) is 0 Å². The zero-order valence-electron chi connectivity index (χ0n) is 12.5. The zero-order chi connectivity index (χ0) is 15.5. The van der Waals surface area contributed by atoms with Crippen molar-refractivity contribution in [3.05, 3.63) is 22.9 Å². The van der Waals surface area contributed by atoms with Gasteiger partial charge in [0.25, 0.3) is 5.56 Å². The third-order valence-electron chi connectivity index (χ3n) is 3.85. The number of nitrogens with one attached hydrogen (secondary N) is 1. The van der Waals surface area contributed by atoms with Gasteiger partial charge in [-0.2, -0.15) is 5.10 Å². The molecule has 3 heterocycles. The lowest BCUT2D eigenvalue weighted by molar-refractivity contribution is -0.121. The smallest absolute Gasteiger partial charge is 0.264 e. The van der Waals surface area contributed by atoms with Gasteiger partial charge < -0.3 is 10.1 Å². The minimum Gasteiger partial charge on any atom is -0.376 e. The van der Waals surface area contributed by atoms with Gasteiger partial charge in [-0.3, -0.25) is 18.8 Å². The number of aryl methyl sites for hydroxylation is 2. The minimum absolute atomic E-state index is 0.0892. The third-order valence-corrected chi connectivity index (χ3v) is 3.85. The maximum atomic E-state index is 12.2. The molecule has 2 aromatic heterocycles. The average molecular weight is 305 g/mol. The molecule has 1 fully saturated rings. The van der Waals surface area contributed by atoms with Crippen LogP contribution in [0.2, 0.25) is 0 Å². The largest absolute Gasteiger partial charge is 0.376 e. The number of amides is 1. The summed E-state index contributed by atoms with van der Waals surface area (Å²) in [5.41, 5.74) is 0.370. The van der Waals surface area contributed by atoms with Crippen LogP contribution in [0.4, 0.5) is 0 Å². The summed E-state index contributed by atoms with van der Waals surface area (Å²) in [5, 5.41) is 7.32. The van der Waals surface area contributed by atoms with E-state index < -0.39 is 0 Å². The van der Waals surface area contributed by atoms with Crippen LogP contribution in [0, 0.1) is 0 Å². The SMILES string of the molecule is Cn1ncc2c(=O)n(CCC(=O)NC[C@H]3CCCO3)cnc21. The van der Waals surface area contributed by atoms with E-state index >= 15 is 0 Å². The second-order valence-corrected chi connectivity index (χ2v) is 5.44. The summed E-state index contributed by atoms with van der Waals surface area (Å²) in [6.45, 7) is 1.61. The van der Waals surface area contributed by atoms with Crippen LogP contribution in [0.15, 0.2) is 17.3 Å².